The maximum atomic E-state index is 9.71. The number of hydrogen-bond donors (Lipinski definition) is 2. The van der Waals surface area contributed by atoms with Crippen molar-refractivity contribution in [2.24, 2.45) is 5.92 Å². The van der Waals surface area contributed by atoms with Crippen molar-refractivity contribution in [3.05, 3.63) is 168 Å². The molecular weight excluding hydrogens is 607 g/mol. The van der Waals surface area contributed by atoms with Gasteiger partial charge in [-0.25, -0.2) is 0 Å². The Morgan fingerprint density at radius 2 is 1.23 bits per heavy atom. The van der Waals surface area contributed by atoms with Crippen molar-refractivity contribution in [1.29, 1.82) is 5.41 Å². The number of benzene rings is 5. The number of nitrogens with one attached hydrogen (secondary N) is 2. The van der Waals surface area contributed by atoms with Crippen LogP contribution in [0, 0.1) is 11.3 Å². The van der Waals surface area contributed by atoms with Crippen LogP contribution in [0.3, 0.4) is 0 Å². The van der Waals surface area contributed by atoms with Gasteiger partial charge in [0, 0.05) is 22.4 Å². The molecule has 48 heavy (non-hydrogen) atoms. The first kappa shape index (κ1) is 32.7. The summed E-state index contributed by atoms with van der Waals surface area (Å²) in [6.07, 6.45) is 6.31. The molecule has 1 heterocycles. The van der Waals surface area contributed by atoms with Crippen LogP contribution >= 0.6 is 7.92 Å². The number of hydrogen-bond acceptors (Lipinski definition) is 4. The minimum atomic E-state index is -0.729. The molecule has 2 N–H and O–H groups in total. The van der Waals surface area contributed by atoms with E-state index in [0.717, 1.165) is 33.5 Å². The van der Waals surface area contributed by atoms with Crippen LogP contribution in [-0.4, -0.2) is 19.9 Å². The first-order chi connectivity index (χ1) is 23.6. The number of methoxy groups -OCH3 is 2. The van der Waals surface area contributed by atoms with E-state index in [0.29, 0.717) is 23.1 Å². The number of ether oxygens (including phenoxy) is 2. The van der Waals surface area contributed by atoms with Gasteiger partial charge in [0.15, 0.2) is 11.5 Å². The molecule has 1 saturated carbocycles. The highest BCUT2D eigenvalue weighted by atomic mass is 31.1. The molecule has 5 aromatic carbocycles. The molecule has 7 rings (SSSR count). The highest BCUT2D eigenvalue weighted by Gasteiger charge is 2.32. The lowest BCUT2D eigenvalue weighted by Crippen LogP contribution is -2.23. The third kappa shape index (κ3) is 7.05. The Kier molecular flexibility index (Phi) is 10.3. The van der Waals surface area contributed by atoms with Crippen LogP contribution in [0.4, 0.5) is 0 Å². The summed E-state index contributed by atoms with van der Waals surface area (Å²) >= 11 is 0. The van der Waals surface area contributed by atoms with Gasteiger partial charge in [-0.3, -0.25) is 5.41 Å². The van der Waals surface area contributed by atoms with Crippen LogP contribution in [0.15, 0.2) is 146 Å². The molecule has 1 aliphatic heterocycles. The smallest absolute Gasteiger partial charge is 0.161 e. The molecule has 0 atom stereocenters. The van der Waals surface area contributed by atoms with Crippen LogP contribution in [-0.2, 0) is 0 Å². The van der Waals surface area contributed by atoms with Gasteiger partial charge in [-0.05, 0) is 78.9 Å². The van der Waals surface area contributed by atoms with Gasteiger partial charge in [-0.15, -0.1) is 6.58 Å². The third-order valence-corrected chi connectivity index (χ3v) is 10.9. The fourth-order valence-corrected chi connectivity index (χ4v) is 8.28. The molecule has 0 bridgehead atoms. The zero-order chi connectivity index (χ0) is 33.5. The standard InChI is InChI=1S/C40H35N2O2P.C3H6/c1-43-36-25-30-24-35(27-18-19-27)42-40(34(30)26-37(36)44-2)38(28-12-6-3-7-13-28)39(41)29-20-22-33(23-21-29)45(31-14-8-4-9-15-31)32-16-10-5-11-17-32;1-3-2/h3-17,20-27,41-42H,18-19H2,1-2H3;3H,1H2,2H3/b40-38-,41-39?;. The average Bonchev–Trinajstić information content (AvgIpc) is 3.99. The molecule has 4 nitrogen and oxygen atoms in total. The lowest BCUT2D eigenvalue weighted by Gasteiger charge is -2.27. The van der Waals surface area contributed by atoms with Gasteiger partial charge in [-0.1, -0.05) is 121 Å². The largest absolute Gasteiger partial charge is 0.493 e. The van der Waals surface area contributed by atoms with Crippen LogP contribution in [0.25, 0.3) is 17.3 Å². The quantitative estimate of drug-likeness (QED) is 0.0954. The molecule has 0 unspecified atom stereocenters. The van der Waals surface area contributed by atoms with Crippen molar-refractivity contribution < 1.29 is 9.47 Å². The van der Waals surface area contributed by atoms with E-state index in [1.165, 1.54) is 34.5 Å². The average molecular weight is 649 g/mol. The first-order valence-electron chi connectivity index (χ1n) is 16.3. The Hall–Kier alpha value is -5.18. The number of rotatable bonds is 9. The van der Waals surface area contributed by atoms with E-state index in [2.05, 4.69) is 115 Å². The van der Waals surface area contributed by atoms with Crippen molar-refractivity contribution in [2.45, 2.75) is 19.8 Å². The first-order valence-corrected chi connectivity index (χ1v) is 17.6. The molecule has 0 spiro atoms. The molecule has 2 aliphatic rings. The van der Waals surface area contributed by atoms with E-state index in [9.17, 15) is 5.41 Å². The molecule has 0 aromatic heterocycles. The third-order valence-electron chi connectivity index (χ3n) is 8.43. The van der Waals surface area contributed by atoms with Gasteiger partial charge < -0.3 is 14.8 Å². The molecule has 0 amide bonds. The minimum absolute atomic E-state index is 0.469. The van der Waals surface area contributed by atoms with Crippen molar-refractivity contribution in [3.8, 4) is 11.5 Å². The molecule has 240 valence electrons. The Morgan fingerprint density at radius 1 is 0.729 bits per heavy atom. The molecule has 5 heteroatoms. The zero-order valence-corrected chi connectivity index (χ0v) is 28.6. The second-order valence-corrected chi connectivity index (χ2v) is 14.0. The lowest BCUT2D eigenvalue weighted by molar-refractivity contribution is 0.354. The van der Waals surface area contributed by atoms with Gasteiger partial charge in [0.25, 0.3) is 0 Å². The van der Waals surface area contributed by atoms with E-state index in [-0.39, 0.29) is 0 Å². The highest BCUT2D eigenvalue weighted by Crippen LogP contribution is 2.44. The van der Waals surface area contributed by atoms with Gasteiger partial charge in [-0.2, -0.15) is 0 Å². The summed E-state index contributed by atoms with van der Waals surface area (Å²) in [4.78, 5) is 0. The molecule has 0 saturated heterocycles. The van der Waals surface area contributed by atoms with Gasteiger partial charge >= 0.3 is 0 Å². The monoisotopic (exact) mass is 648 g/mol. The Labute approximate surface area is 285 Å². The maximum Gasteiger partial charge on any atom is 0.161 e. The van der Waals surface area contributed by atoms with Crippen LogP contribution < -0.4 is 30.7 Å². The summed E-state index contributed by atoms with van der Waals surface area (Å²) in [5, 5.41) is 17.4. The Bertz CT molecular complexity index is 1910. The summed E-state index contributed by atoms with van der Waals surface area (Å²) in [6, 6.07) is 44.4. The summed E-state index contributed by atoms with van der Waals surface area (Å²) in [7, 11) is 2.61. The van der Waals surface area contributed by atoms with Crippen molar-refractivity contribution in [2.75, 3.05) is 14.2 Å². The zero-order valence-electron chi connectivity index (χ0n) is 27.7. The van der Waals surface area contributed by atoms with Crippen molar-refractivity contribution >= 4 is 46.9 Å². The Morgan fingerprint density at radius 3 is 1.75 bits per heavy atom. The summed E-state index contributed by atoms with van der Waals surface area (Å²) in [5.41, 5.74) is 7.36. The van der Waals surface area contributed by atoms with E-state index < -0.39 is 7.92 Å². The van der Waals surface area contributed by atoms with Gasteiger partial charge in [0.1, 0.15) is 0 Å². The summed E-state index contributed by atoms with van der Waals surface area (Å²) in [5.74, 6) is 1.86. The predicted octanol–water partition coefficient (Wildman–Crippen LogP) is 8.94. The number of fused-ring (bicyclic) bond motifs is 1. The van der Waals surface area contributed by atoms with Crippen molar-refractivity contribution in [1.82, 2.24) is 5.32 Å². The molecular formula is C43H41N2O2P. The SMILES string of the molecule is C=CC.COc1cc2c(cc1OC)/C(=C(/C(=N)c1ccc(P(c3ccccc3)c3ccccc3)cc1)c1ccccc1)NC(C1CC1)=C2. The Balaban J connectivity index is 0.00000129. The second kappa shape index (κ2) is 15.2. The molecule has 1 aliphatic carbocycles. The summed E-state index contributed by atoms with van der Waals surface area (Å²) in [6.45, 7) is 5.25. The molecule has 0 radical (unpaired) electrons. The minimum Gasteiger partial charge on any atom is -0.493 e. The van der Waals surface area contributed by atoms with E-state index >= 15 is 0 Å². The summed E-state index contributed by atoms with van der Waals surface area (Å²) < 4.78 is 11.4. The van der Waals surface area contributed by atoms with E-state index in [1.807, 2.05) is 37.3 Å². The van der Waals surface area contributed by atoms with Crippen LogP contribution in [0.5, 0.6) is 11.5 Å². The normalized spacial score (nSPS) is 14.4. The van der Waals surface area contributed by atoms with E-state index in [4.69, 9.17) is 9.47 Å². The fraction of sp³-hybridized carbons (Fsp3) is 0.140. The second-order valence-electron chi connectivity index (χ2n) is 11.7. The maximum absolute atomic E-state index is 9.71. The lowest BCUT2D eigenvalue weighted by atomic mass is 9.88. The van der Waals surface area contributed by atoms with E-state index in [1.54, 1.807) is 20.3 Å². The van der Waals surface area contributed by atoms with Gasteiger partial charge in [0.2, 0.25) is 0 Å². The number of allylic oxidation sites excluding steroid dienone is 3. The highest BCUT2D eigenvalue weighted by molar-refractivity contribution is 7.79. The fourth-order valence-electron chi connectivity index (χ4n) is 6.00. The van der Waals surface area contributed by atoms with Gasteiger partial charge in [0.05, 0.1) is 25.6 Å². The van der Waals surface area contributed by atoms with Crippen LogP contribution in [0.1, 0.15) is 42.0 Å². The topological polar surface area (TPSA) is 54.3 Å². The molecule has 1 fully saturated rings. The molecule has 5 aromatic rings. The van der Waals surface area contributed by atoms with Crippen molar-refractivity contribution in [3.63, 3.8) is 0 Å². The predicted molar refractivity (Wildman–Crippen MR) is 204 cm³/mol. The van der Waals surface area contributed by atoms with Crippen LogP contribution in [0.2, 0.25) is 0 Å².